The van der Waals surface area contributed by atoms with Crippen molar-refractivity contribution in [1.82, 2.24) is 9.80 Å². The third kappa shape index (κ3) is 4.83. The lowest BCUT2D eigenvalue weighted by atomic mass is 9.99. The Kier molecular flexibility index (Phi) is 6.72. The molecule has 1 aromatic carbocycles. The van der Waals surface area contributed by atoms with Gasteiger partial charge in [0.15, 0.2) is 0 Å². The monoisotopic (exact) mass is 358 g/mol. The van der Waals surface area contributed by atoms with Gasteiger partial charge < -0.3 is 5.11 Å². The Morgan fingerprint density at radius 2 is 2.00 bits per heavy atom. The van der Waals surface area contributed by atoms with E-state index in [1.165, 1.54) is 0 Å². The van der Waals surface area contributed by atoms with E-state index in [4.69, 9.17) is 28.3 Å². The van der Waals surface area contributed by atoms with Crippen LogP contribution >= 0.6 is 23.2 Å². The average Bonchev–Trinajstić information content (AvgIpc) is 2.54. The summed E-state index contributed by atoms with van der Waals surface area (Å²) in [4.78, 5) is 15.4. The molecule has 0 bridgehead atoms. The van der Waals surface area contributed by atoms with Crippen LogP contribution in [0.25, 0.3) is 0 Å². The lowest BCUT2D eigenvalue weighted by Crippen LogP contribution is -2.47. The molecule has 1 heterocycles. The molecule has 1 fully saturated rings. The summed E-state index contributed by atoms with van der Waals surface area (Å²) < 4.78 is 0. The number of piperidine rings is 1. The van der Waals surface area contributed by atoms with Crippen molar-refractivity contribution in [3.05, 3.63) is 33.8 Å². The molecule has 1 aromatic rings. The summed E-state index contributed by atoms with van der Waals surface area (Å²) in [6.07, 6.45) is 1.99. The molecule has 128 valence electrons. The van der Waals surface area contributed by atoms with E-state index in [1.54, 1.807) is 0 Å². The van der Waals surface area contributed by atoms with E-state index < -0.39 is 5.97 Å². The zero-order chi connectivity index (χ0) is 17.0. The fourth-order valence-corrected chi connectivity index (χ4v) is 3.60. The van der Waals surface area contributed by atoms with Crippen LogP contribution in [0.1, 0.15) is 38.3 Å². The SMILES string of the molecule is CCN(CC(=O)O)C1CCN(C(C)c2ccc(Cl)c(Cl)c2)CC1. The van der Waals surface area contributed by atoms with Gasteiger partial charge in [-0.05, 0) is 44.0 Å². The third-order valence-electron chi connectivity index (χ3n) is 4.73. The topological polar surface area (TPSA) is 43.8 Å². The molecular weight excluding hydrogens is 335 g/mol. The van der Waals surface area contributed by atoms with Gasteiger partial charge in [-0.15, -0.1) is 0 Å². The number of aliphatic carboxylic acids is 1. The van der Waals surface area contributed by atoms with E-state index in [0.29, 0.717) is 16.1 Å². The average molecular weight is 359 g/mol. The molecule has 0 saturated carbocycles. The first-order chi connectivity index (χ1) is 10.9. The minimum Gasteiger partial charge on any atom is -0.480 e. The van der Waals surface area contributed by atoms with Crippen LogP contribution in [0, 0.1) is 0 Å². The normalized spacial score (nSPS) is 18.3. The Labute approximate surface area is 148 Å². The third-order valence-corrected chi connectivity index (χ3v) is 5.47. The summed E-state index contributed by atoms with van der Waals surface area (Å²) in [5.74, 6) is -0.751. The number of benzene rings is 1. The number of likely N-dealkylation sites (N-methyl/N-ethyl adjacent to an activating group) is 1. The van der Waals surface area contributed by atoms with Crippen molar-refractivity contribution in [1.29, 1.82) is 0 Å². The van der Waals surface area contributed by atoms with Gasteiger partial charge in [0.1, 0.15) is 0 Å². The van der Waals surface area contributed by atoms with Crippen molar-refractivity contribution in [2.45, 2.75) is 38.8 Å². The predicted molar refractivity (Wildman–Crippen MR) is 94.4 cm³/mol. The van der Waals surface area contributed by atoms with Gasteiger partial charge >= 0.3 is 5.97 Å². The first kappa shape index (κ1) is 18.5. The van der Waals surface area contributed by atoms with Crippen LogP contribution < -0.4 is 0 Å². The summed E-state index contributed by atoms with van der Waals surface area (Å²) in [5.41, 5.74) is 1.16. The summed E-state index contributed by atoms with van der Waals surface area (Å²) in [7, 11) is 0. The second-order valence-electron chi connectivity index (χ2n) is 6.07. The zero-order valence-electron chi connectivity index (χ0n) is 13.6. The van der Waals surface area contributed by atoms with Crippen molar-refractivity contribution >= 4 is 29.2 Å². The highest BCUT2D eigenvalue weighted by Gasteiger charge is 2.27. The molecule has 1 atom stereocenters. The summed E-state index contributed by atoms with van der Waals surface area (Å²) in [6, 6.07) is 6.43. The molecule has 1 aliphatic rings. The minimum absolute atomic E-state index is 0.128. The predicted octanol–water partition coefficient (Wildman–Crippen LogP) is 3.93. The van der Waals surface area contributed by atoms with Crippen LogP contribution in [0.4, 0.5) is 0 Å². The van der Waals surface area contributed by atoms with Crippen molar-refractivity contribution in [2.24, 2.45) is 0 Å². The fourth-order valence-electron chi connectivity index (χ4n) is 3.29. The van der Waals surface area contributed by atoms with Crippen molar-refractivity contribution in [3.8, 4) is 0 Å². The molecule has 2 rings (SSSR count). The molecule has 0 radical (unpaired) electrons. The molecule has 23 heavy (non-hydrogen) atoms. The molecule has 1 N–H and O–H groups in total. The van der Waals surface area contributed by atoms with Gasteiger partial charge in [-0.2, -0.15) is 0 Å². The molecule has 4 nitrogen and oxygen atoms in total. The molecule has 0 amide bonds. The van der Waals surface area contributed by atoms with Crippen LogP contribution in [0.15, 0.2) is 18.2 Å². The maximum Gasteiger partial charge on any atom is 0.317 e. The van der Waals surface area contributed by atoms with E-state index in [0.717, 1.165) is 38.0 Å². The maximum absolute atomic E-state index is 11.0. The summed E-state index contributed by atoms with van der Waals surface area (Å²) in [6.45, 7) is 7.02. The Morgan fingerprint density at radius 3 is 2.52 bits per heavy atom. The first-order valence-electron chi connectivity index (χ1n) is 8.07. The number of likely N-dealkylation sites (tertiary alicyclic amines) is 1. The van der Waals surface area contributed by atoms with E-state index in [9.17, 15) is 4.79 Å². The Balaban J connectivity index is 1.95. The summed E-state index contributed by atoms with van der Waals surface area (Å²) >= 11 is 12.1. The number of carbonyl (C=O) groups is 1. The molecular formula is C17H24Cl2N2O2. The van der Waals surface area contributed by atoms with Crippen molar-refractivity contribution in [2.75, 3.05) is 26.2 Å². The van der Waals surface area contributed by atoms with Gasteiger partial charge in [-0.25, -0.2) is 0 Å². The van der Waals surface area contributed by atoms with Crippen LogP contribution in [0.5, 0.6) is 0 Å². The van der Waals surface area contributed by atoms with Gasteiger partial charge in [-0.1, -0.05) is 36.2 Å². The largest absolute Gasteiger partial charge is 0.480 e. The second kappa shape index (κ2) is 8.34. The Morgan fingerprint density at radius 1 is 1.35 bits per heavy atom. The molecule has 6 heteroatoms. The van der Waals surface area contributed by atoms with E-state index in [1.807, 2.05) is 25.1 Å². The Bertz CT molecular complexity index is 545. The minimum atomic E-state index is -0.751. The maximum atomic E-state index is 11.0. The molecule has 1 saturated heterocycles. The number of carboxylic acid groups (broad SMARTS) is 1. The van der Waals surface area contributed by atoms with E-state index in [2.05, 4.69) is 16.7 Å². The van der Waals surface area contributed by atoms with Gasteiger partial charge in [0.25, 0.3) is 0 Å². The second-order valence-corrected chi connectivity index (χ2v) is 6.89. The fraction of sp³-hybridized carbons (Fsp3) is 0.588. The van der Waals surface area contributed by atoms with Gasteiger partial charge in [0, 0.05) is 25.2 Å². The van der Waals surface area contributed by atoms with Crippen LogP contribution in [-0.4, -0.2) is 53.1 Å². The van der Waals surface area contributed by atoms with E-state index >= 15 is 0 Å². The zero-order valence-corrected chi connectivity index (χ0v) is 15.1. The standard InChI is InChI=1S/C17H24Cl2N2O2/c1-3-20(11-17(22)23)14-6-8-21(9-7-14)12(2)13-4-5-15(18)16(19)10-13/h4-5,10,12,14H,3,6-9,11H2,1-2H3,(H,22,23). The molecule has 1 unspecified atom stereocenters. The van der Waals surface area contributed by atoms with Crippen molar-refractivity contribution in [3.63, 3.8) is 0 Å². The van der Waals surface area contributed by atoms with Crippen LogP contribution in [-0.2, 0) is 4.79 Å². The number of hydrogen-bond donors (Lipinski definition) is 1. The highest BCUT2D eigenvalue weighted by Crippen LogP contribution is 2.30. The highest BCUT2D eigenvalue weighted by atomic mass is 35.5. The van der Waals surface area contributed by atoms with Crippen LogP contribution in [0.2, 0.25) is 10.0 Å². The molecule has 1 aliphatic heterocycles. The highest BCUT2D eigenvalue weighted by molar-refractivity contribution is 6.42. The van der Waals surface area contributed by atoms with E-state index in [-0.39, 0.29) is 12.6 Å². The molecule has 0 spiro atoms. The lowest BCUT2D eigenvalue weighted by Gasteiger charge is -2.40. The smallest absolute Gasteiger partial charge is 0.317 e. The number of halogens is 2. The molecule has 0 aliphatic carbocycles. The van der Waals surface area contributed by atoms with Gasteiger partial charge in [0.05, 0.1) is 16.6 Å². The molecule has 0 aromatic heterocycles. The number of hydrogen-bond acceptors (Lipinski definition) is 3. The Hall–Kier alpha value is -0.810. The number of carboxylic acids is 1. The van der Waals surface area contributed by atoms with Crippen LogP contribution in [0.3, 0.4) is 0 Å². The summed E-state index contributed by atoms with van der Waals surface area (Å²) in [5, 5.41) is 10.2. The van der Waals surface area contributed by atoms with Gasteiger partial charge in [0.2, 0.25) is 0 Å². The lowest BCUT2D eigenvalue weighted by molar-refractivity contribution is -0.139. The quantitative estimate of drug-likeness (QED) is 0.836. The number of rotatable bonds is 6. The number of nitrogens with zero attached hydrogens (tertiary/aromatic N) is 2. The van der Waals surface area contributed by atoms with Gasteiger partial charge in [-0.3, -0.25) is 14.6 Å². The van der Waals surface area contributed by atoms with Crippen molar-refractivity contribution < 1.29 is 9.90 Å². The first-order valence-corrected chi connectivity index (χ1v) is 8.82.